The van der Waals surface area contributed by atoms with Crippen LogP contribution in [0, 0.1) is 0 Å². The topological polar surface area (TPSA) is 84.2 Å². The van der Waals surface area contributed by atoms with Crippen molar-refractivity contribution in [1.29, 1.82) is 0 Å². The van der Waals surface area contributed by atoms with Crippen molar-refractivity contribution in [2.24, 2.45) is 0 Å². The first-order chi connectivity index (χ1) is 15.5. The molecule has 0 atom stereocenters. The second kappa shape index (κ2) is 8.33. The normalized spacial score (nSPS) is 15.3. The monoisotopic (exact) mass is 448 g/mol. The predicted molar refractivity (Wildman–Crippen MR) is 124 cm³/mol. The van der Waals surface area contributed by atoms with Gasteiger partial charge in [0, 0.05) is 56.8 Å². The fourth-order valence-corrected chi connectivity index (χ4v) is 5.14. The first-order valence-corrected chi connectivity index (χ1v) is 12.4. The predicted octanol–water partition coefficient (Wildman–Crippen LogP) is 2.54. The number of aromatic nitrogens is 4. The van der Waals surface area contributed by atoms with Crippen molar-refractivity contribution >= 4 is 26.6 Å². The summed E-state index contributed by atoms with van der Waals surface area (Å²) < 4.78 is 26.1. The minimum absolute atomic E-state index is 0.412. The van der Waals surface area contributed by atoms with Gasteiger partial charge in [-0.3, -0.25) is 4.90 Å². The van der Waals surface area contributed by atoms with E-state index in [4.69, 9.17) is 0 Å². The Labute approximate surface area is 187 Å². The molecule has 3 heterocycles. The fourth-order valence-electron chi connectivity index (χ4n) is 4.20. The molecule has 2 aromatic heterocycles. The maximum atomic E-state index is 12.1. The van der Waals surface area contributed by atoms with Crippen LogP contribution in [0.1, 0.15) is 5.56 Å². The zero-order valence-electron chi connectivity index (χ0n) is 17.8. The Hall–Kier alpha value is -3.30. The lowest BCUT2D eigenvalue weighted by molar-refractivity contribution is 0.247. The van der Waals surface area contributed by atoms with E-state index in [1.54, 1.807) is 24.7 Å². The number of fused-ring (bicyclic) bond motifs is 1. The van der Waals surface area contributed by atoms with E-state index in [2.05, 4.69) is 30.9 Å². The molecule has 32 heavy (non-hydrogen) atoms. The quantitative estimate of drug-likeness (QED) is 0.464. The molecule has 2 aromatic carbocycles. The third kappa shape index (κ3) is 4.09. The summed E-state index contributed by atoms with van der Waals surface area (Å²) in [4.78, 5) is 14.0. The Bertz CT molecular complexity index is 1350. The molecule has 1 aliphatic rings. The van der Waals surface area contributed by atoms with Gasteiger partial charge in [-0.1, -0.05) is 18.2 Å². The SMILES string of the molecule is CS(=O)(=O)c1ccccc1CN1CCN(c2ncnc3ccc(-n4cccn4)cc23)CC1. The molecule has 0 spiro atoms. The third-order valence-corrected chi connectivity index (χ3v) is 7.00. The van der Waals surface area contributed by atoms with Crippen molar-refractivity contribution in [2.45, 2.75) is 11.4 Å². The van der Waals surface area contributed by atoms with E-state index in [0.717, 1.165) is 54.2 Å². The van der Waals surface area contributed by atoms with Gasteiger partial charge in [-0.05, 0) is 35.9 Å². The van der Waals surface area contributed by atoms with Crippen LogP contribution in [0.3, 0.4) is 0 Å². The fraction of sp³-hybridized carbons (Fsp3) is 0.261. The van der Waals surface area contributed by atoms with Crippen LogP contribution in [0.4, 0.5) is 5.82 Å². The van der Waals surface area contributed by atoms with Gasteiger partial charge in [0.05, 0.1) is 16.1 Å². The molecule has 0 radical (unpaired) electrons. The molecule has 1 aliphatic heterocycles. The highest BCUT2D eigenvalue weighted by molar-refractivity contribution is 7.90. The lowest BCUT2D eigenvalue weighted by atomic mass is 10.1. The maximum Gasteiger partial charge on any atom is 0.175 e. The molecule has 1 saturated heterocycles. The van der Waals surface area contributed by atoms with E-state index in [1.807, 2.05) is 41.2 Å². The van der Waals surface area contributed by atoms with Crippen LogP contribution in [-0.2, 0) is 16.4 Å². The van der Waals surface area contributed by atoms with E-state index in [9.17, 15) is 8.42 Å². The van der Waals surface area contributed by atoms with Gasteiger partial charge in [-0.25, -0.2) is 23.1 Å². The molecule has 0 bridgehead atoms. The number of hydrogen-bond acceptors (Lipinski definition) is 7. The second-order valence-electron chi connectivity index (χ2n) is 7.99. The zero-order chi connectivity index (χ0) is 22.1. The molecular weight excluding hydrogens is 424 g/mol. The molecule has 0 saturated carbocycles. The minimum Gasteiger partial charge on any atom is -0.353 e. The van der Waals surface area contributed by atoms with Crippen LogP contribution >= 0.6 is 0 Å². The van der Waals surface area contributed by atoms with Crippen molar-refractivity contribution in [3.63, 3.8) is 0 Å². The number of hydrogen-bond donors (Lipinski definition) is 0. The van der Waals surface area contributed by atoms with Gasteiger partial charge in [0.15, 0.2) is 9.84 Å². The van der Waals surface area contributed by atoms with Gasteiger partial charge in [-0.15, -0.1) is 0 Å². The summed E-state index contributed by atoms with van der Waals surface area (Å²) in [5, 5.41) is 5.32. The highest BCUT2D eigenvalue weighted by Crippen LogP contribution is 2.27. The Kier molecular flexibility index (Phi) is 5.36. The molecule has 0 aliphatic carbocycles. The van der Waals surface area contributed by atoms with Crippen LogP contribution in [0.5, 0.6) is 0 Å². The molecule has 5 rings (SSSR count). The molecule has 9 heteroatoms. The van der Waals surface area contributed by atoms with Crippen molar-refractivity contribution in [2.75, 3.05) is 37.3 Å². The standard InChI is InChI=1S/C23H24N6O2S/c1-32(30,31)22-6-3-2-5-18(22)16-27-11-13-28(14-12-27)23-20-15-19(29-10-4-9-26-29)7-8-21(20)24-17-25-23/h2-10,15,17H,11-14,16H2,1H3. The van der Waals surface area contributed by atoms with E-state index in [1.165, 1.54) is 6.26 Å². The summed E-state index contributed by atoms with van der Waals surface area (Å²) in [6.07, 6.45) is 6.55. The van der Waals surface area contributed by atoms with Crippen molar-refractivity contribution in [3.8, 4) is 5.69 Å². The van der Waals surface area contributed by atoms with Crippen LogP contribution in [0.15, 0.2) is 72.1 Å². The largest absolute Gasteiger partial charge is 0.353 e. The third-order valence-electron chi connectivity index (χ3n) is 5.80. The molecule has 164 valence electrons. The number of piperazine rings is 1. The molecular formula is C23H24N6O2S. The Morgan fingerprint density at radius 3 is 2.53 bits per heavy atom. The van der Waals surface area contributed by atoms with Crippen LogP contribution in [-0.4, -0.2) is 65.5 Å². The number of nitrogens with zero attached hydrogens (tertiary/aromatic N) is 6. The lowest BCUT2D eigenvalue weighted by Crippen LogP contribution is -2.46. The average Bonchev–Trinajstić information content (AvgIpc) is 3.34. The molecule has 0 amide bonds. The van der Waals surface area contributed by atoms with Gasteiger partial charge in [-0.2, -0.15) is 5.10 Å². The summed E-state index contributed by atoms with van der Waals surface area (Å²) in [5.41, 5.74) is 2.71. The molecule has 0 N–H and O–H groups in total. The number of sulfone groups is 1. The number of rotatable bonds is 5. The van der Waals surface area contributed by atoms with Gasteiger partial charge in [0.25, 0.3) is 0 Å². The van der Waals surface area contributed by atoms with Crippen LogP contribution in [0.2, 0.25) is 0 Å². The lowest BCUT2D eigenvalue weighted by Gasteiger charge is -2.36. The van der Waals surface area contributed by atoms with Crippen LogP contribution in [0.25, 0.3) is 16.6 Å². The van der Waals surface area contributed by atoms with E-state index in [-0.39, 0.29) is 0 Å². The summed E-state index contributed by atoms with van der Waals surface area (Å²) >= 11 is 0. The molecule has 0 unspecified atom stereocenters. The number of benzene rings is 2. The first kappa shape index (κ1) is 20.6. The molecule has 8 nitrogen and oxygen atoms in total. The maximum absolute atomic E-state index is 12.1. The van der Waals surface area contributed by atoms with Gasteiger partial charge in [0.2, 0.25) is 0 Å². The average molecular weight is 449 g/mol. The van der Waals surface area contributed by atoms with Crippen molar-refractivity contribution < 1.29 is 8.42 Å². The summed E-state index contributed by atoms with van der Waals surface area (Å²) in [6.45, 7) is 3.87. The summed E-state index contributed by atoms with van der Waals surface area (Å²) in [7, 11) is -3.25. The minimum atomic E-state index is -3.25. The van der Waals surface area contributed by atoms with E-state index < -0.39 is 9.84 Å². The Morgan fingerprint density at radius 2 is 1.78 bits per heavy atom. The van der Waals surface area contributed by atoms with Gasteiger partial charge in [0.1, 0.15) is 12.1 Å². The van der Waals surface area contributed by atoms with Gasteiger partial charge >= 0.3 is 0 Å². The molecule has 4 aromatic rings. The van der Waals surface area contributed by atoms with Crippen molar-refractivity contribution in [3.05, 3.63) is 72.8 Å². The zero-order valence-corrected chi connectivity index (χ0v) is 18.6. The van der Waals surface area contributed by atoms with Crippen LogP contribution < -0.4 is 4.90 Å². The Balaban J connectivity index is 1.35. The highest BCUT2D eigenvalue weighted by Gasteiger charge is 2.22. The Morgan fingerprint density at radius 1 is 0.969 bits per heavy atom. The summed E-state index contributed by atoms with van der Waals surface area (Å²) in [6, 6.07) is 15.2. The smallest absolute Gasteiger partial charge is 0.175 e. The number of anilines is 1. The molecule has 1 fully saturated rings. The van der Waals surface area contributed by atoms with Gasteiger partial charge < -0.3 is 4.90 Å². The van der Waals surface area contributed by atoms with E-state index in [0.29, 0.717) is 11.4 Å². The highest BCUT2D eigenvalue weighted by atomic mass is 32.2. The first-order valence-electron chi connectivity index (χ1n) is 10.5. The summed E-state index contributed by atoms with van der Waals surface area (Å²) in [5.74, 6) is 0.917. The van der Waals surface area contributed by atoms with E-state index >= 15 is 0 Å². The van der Waals surface area contributed by atoms with Crippen molar-refractivity contribution in [1.82, 2.24) is 24.6 Å². The second-order valence-corrected chi connectivity index (χ2v) is 9.98.